The minimum atomic E-state index is -0.0184. The molecule has 3 aromatic rings. The molecule has 7 nitrogen and oxygen atoms in total. The molecule has 4 heterocycles. The van der Waals surface area contributed by atoms with Crippen molar-refractivity contribution in [3.05, 3.63) is 40.0 Å². The van der Waals surface area contributed by atoms with Crippen molar-refractivity contribution in [3.63, 3.8) is 0 Å². The lowest BCUT2D eigenvalue weighted by atomic mass is 10.2. The van der Waals surface area contributed by atoms with Crippen LogP contribution in [-0.2, 0) is 13.1 Å². The summed E-state index contributed by atoms with van der Waals surface area (Å²) in [7, 11) is 0. The number of thiazole rings is 1. The van der Waals surface area contributed by atoms with Crippen molar-refractivity contribution in [1.82, 2.24) is 29.6 Å². The first kappa shape index (κ1) is 14.1. The lowest BCUT2D eigenvalue weighted by molar-refractivity contribution is 0.0701. The van der Waals surface area contributed by atoms with Crippen LogP contribution in [0, 0.1) is 13.8 Å². The number of hydrogen-bond donors (Lipinski definition) is 1. The summed E-state index contributed by atoms with van der Waals surface area (Å²) < 4.78 is 2.06. The van der Waals surface area contributed by atoms with Gasteiger partial charge in [0.05, 0.1) is 17.2 Å². The first-order valence-electron chi connectivity index (χ1n) is 7.40. The van der Waals surface area contributed by atoms with Crippen LogP contribution in [-0.4, -0.2) is 42.1 Å². The Labute approximate surface area is 137 Å². The molecule has 0 spiro atoms. The molecule has 0 saturated heterocycles. The van der Waals surface area contributed by atoms with E-state index in [2.05, 4.69) is 24.7 Å². The zero-order chi connectivity index (χ0) is 16.0. The predicted molar refractivity (Wildman–Crippen MR) is 86.1 cm³/mol. The molecule has 1 amide bonds. The largest absolute Gasteiger partial charge is 0.357 e. The van der Waals surface area contributed by atoms with Crippen molar-refractivity contribution in [2.24, 2.45) is 0 Å². The van der Waals surface area contributed by atoms with Crippen LogP contribution in [0.15, 0.2) is 17.6 Å². The quantitative estimate of drug-likeness (QED) is 0.780. The van der Waals surface area contributed by atoms with Gasteiger partial charge in [0.1, 0.15) is 11.5 Å². The molecule has 1 aliphatic rings. The van der Waals surface area contributed by atoms with Crippen molar-refractivity contribution in [2.75, 3.05) is 6.54 Å². The maximum Gasteiger partial charge on any atom is 0.270 e. The normalized spacial score (nSPS) is 14.1. The molecule has 4 rings (SSSR count). The van der Waals surface area contributed by atoms with E-state index >= 15 is 0 Å². The van der Waals surface area contributed by atoms with Crippen molar-refractivity contribution in [3.8, 4) is 11.3 Å². The molecule has 23 heavy (non-hydrogen) atoms. The number of aromatic nitrogens is 5. The molecular formula is C15H16N6OS. The average molecular weight is 328 g/mol. The van der Waals surface area contributed by atoms with Crippen LogP contribution in [0.4, 0.5) is 0 Å². The minimum absolute atomic E-state index is 0.0184. The summed E-state index contributed by atoms with van der Waals surface area (Å²) in [6, 6.07) is 1.86. The first-order chi connectivity index (χ1) is 11.1. The molecule has 0 aliphatic carbocycles. The van der Waals surface area contributed by atoms with E-state index in [1.807, 2.05) is 31.5 Å². The van der Waals surface area contributed by atoms with Gasteiger partial charge in [0.25, 0.3) is 5.91 Å². The summed E-state index contributed by atoms with van der Waals surface area (Å²) in [5, 5.41) is 11.2. The highest BCUT2D eigenvalue weighted by atomic mass is 32.1. The lowest BCUT2D eigenvalue weighted by Gasteiger charge is -2.27. The van der Waals surface area contributed by atoms with Crippen LogP contribution in [0.5, 0.6) is 0 Å². The van der Waals surface area contributed by atoms with E-state index in [9.17, 15) is 4.79 Å². The lowest BCUT2D eigenvalue weighted by Crippen LogP contribution is -2.38. The fourth-order valence-electron chi connectivity index (χ4n) is 2.81. The van der Waals surface area contributed by atoms with Crippen molar-refractivity contribution < 1.29 is 4.79 Å². The fraction of sp³-hybridized carbons (Fsp3) is 0.333. The molecule has 0 aromatic carbocycles. The van der Waals surface area contributed by atoms with E-state index in [0.29, 0.717) is 18.8 Å². The van der Waals surface area contributed by atoms with E-state index < -0.39 is 0 Å². The zero-order valence-corrected chi connectivity index (χ0v) is 13.7. The molecule has 1 aliphatic heterocycles. The monoisotopic (exact) mass is 328 g/mol. The third kappa shape index (κ3) is 2.44. The maximum atomic E-state index is 12.7. The number of H-pyrrole nitrogens is 1. The Kier molecular flexibility index (Phi) is 3.26. The summed E-state index contributed by atoms with van der Waals surface area (Å²) in [6.07, 6.45) is 1.83. The molecule has 0 atom stereocenters. The van der Waals surface area contributed by atoms with Crippen LogP contribution < -0.4 is 0 Å². The van der Waals surface area contributed by atoms with Gasteiger partial charge in [0.15, 0.2) is 5.82 Å². The molecule has 3 aromatic heterocycles. The summed E-state index contributed by atoms with van der Waals surface area (Å²) in [5.74, 6) is 1.72. The smallest absolute Gasteiger partial charge is 0.270 e. The predicted octanol–water partition coefficient (Wildman–Crippen LogP) is 2.00. The van der Waals surface area contributed by atoms with Crippen molar-refractivity contribution in [2.45, 2.75) is 26.9 Å². The molecule has 8 heteroatoms. The second-order valence-electron chi connectivity index (χ2n) is 5.60. The Bertz CT molecular complexity index is 876. The van der Waals surface area contributed by atoms with Gasteiger partial charge in [-0.15, -0.1) is 21.5 Å². The van der Waals surface area contributed by atoms with E-state index in [1.54, 1.807) is 16.2 Å². The molecule has 0 unspecified atom stereocenters. The Balaban J connectivity index is 1.55. The molecular weight excluding hydrogens is 312 g/mol. The molecule has 0 bridgehead atoms. The number of amides is 1. The van der Waals surface area contributed by atoms with Gasteiger partial charge < -0.3 is 14.5 Å². The number of nitrogens with zero attached hydrogens (tertiary/aromatic N) is 5. The first-order valence-corrected chi connectivity index (χ1v) is 8.28. The number of nitrogens with one attached hydrogen (secondary N) is 1. The molecule has 0 radical (unpaired) electrons. The van der Waals surface area contributed by atoms with E-state index in [-0.39, 0.29) is 5.91 Å². The molecule has 1 N–H and O–H groups in total. The Morgan fingerprint density at radius 2 is 2.17 bits per heavy atom. The molecule has 0 saturated carbocycles. The maximum absolute atomic E-state index is 12.7. The second-order valence-corrected chi connectivity index (χ2v) is 6.66. The fourth-order valence-corrected chi connectivity index (χ4v) is 3.43. The average Bonchev–Trinajstić information content (AvgIpc) is 3.26. The van der Waals surface area contributed by atoms with Gasteiger partial charge in [-0.3, -0.25) is 4.79 Å². The molecule has 0 fully saturated rings. The van der Waals surface area contributed by atoms with Crippen LogP contribution >= 0.6 is 11.3 Å². The molecule has 118 valence electrons. The standard InChI is InChI=1S/C15H16N6OS/c1-9-18-19-14-7-20(3-4-21(9)14)15(22)12-5-11(6-16-12)13-8-23-10(2)17-13/h5-6,8,16H,3-4,7H2,1-2H3. The highest BCUT2D eigenvalue weighted by Gasteiger charge is 2.25. The van der Waals surface area contributed by atoms with E-state index in [0.717, 1.165) is 34.5 Å². The summed E-state index contributed by atoms with van der Waals surface area (Å²) >= 11 is 1.60. The number of hydrogen-bond acceptors (Lipinski definition) is 5. The minimum Gasteiger partial charge on any atom is -0.357 e. The van der Waals surface area contributed by atoms with Gasteiger partial charge in [-0.05, 0) is 19.9 Å². The van der Waals surface area contributed by atoms with Crippen LogP contribution in [0.2, 0.25) is 0 Å². The van der Waals surface area contributed by atoms with Crippen molar-refractivity contribution in [1.29, 1.82) is 0 Å². The second kappa shape index (κ2) is 5.31. The van der Waals surface area contributed by atoms with Gasteiger partial charge in [0, 0.05) is 30.2 Å². The highest BCUT2D eigenvalue weighted by molar-refractivity contribution is 7.09. The van der Waals surface area contributed by atoms with Gasteiger partial charge in [0.2, 0.25) is 0 Å². The third-order valence-corrected chi connectivity index (χ3v) is 4.83. The number of carbonyl (C=O) groups excluding carboxylic acids is 1. The van der Waals surface area contributed by atoms with E-state index in [4.69, 9.17) is 0 Å². The number of rotatable bonds is 2. The van der Waals surface area contributed by atoms with Gasteiger partial charge in [-0.2, -0.15) is 0 Å². The Morgan fingerprint density at radius 1 is 1.30 bits per heavy atom. The topological polar surface area (TPSA) is 79.7 Å². The van der Waals surface area contributed by atoms with Crippen LogP contribution in [0.3, 0.4) is 0 Å². The summed E-state index contributed by atoms with van der Waals surface area (Å²) in [6.45, 7) is 5.79. The van der Waals surface area contributed by atoms with Crippen molar-refractivity contribution >= 4 is 17.2 Å². The highest BCUT2D eigenvalue weighted by Crippen LogP contribution is 2.23. The number of fused-ring (bicyclic) bond motifs is 1. The third-order valence-electron chi connectivity index (χ3n) is 4.05. The number of aryl methyl sites for hydroxylation is 2. The van der Waals surface area contributed by atoms with Crippen LogP contribution in [0.25, 0.3) is 11.3 Å². The van der Waals surface area contributed by atoms with Gasteiger partial charge in [-0.1, -0.05) is 0 Å². The Hall–Kier alpha value is -2.48. The SMILES string of the molecule is Cc1nc(-c2c[nH]c(C(=O)N3CCn4c(C)nnc4C3)c2)cs1. The summed E-state index contributed by atoms with van der Waals surface area (Å²) in [4.78, 5) is 22.0. The van der Waals surface area contributed by atoms with E-state index in [1.165, 1.54) is 0 Å². The van der Waals surface area contributed by atoms with Gasteiger partial charge in [-0.25, -0.2) is 4.98 Å². The van der Waals surface area contributed by atoms with Crippen LogP contribution in [0.1, 0.15) is 27.1 Å². The summed E-state index contributed by atoms with van der Waals surface area (Å²) in [5.41, 5.74) is 2.42. The zero-order valence-electron chi connectivity index (χ0n) is 12.9. The number of aromatic amines is 1. The number of carbonyl (C=O) groups is 1. The van der Waals surface area contributed by atoms with Gasteiger partial charge >= 0.3 is 0 Å². The Morgan fingerprint density at radius 3 is 2.96 bits per heavy atom.